The van der Waals surface area contributed by atoms with Crippen LogP contribution in [0.15, 0.2) is 17.3 Å². The van der Waals surface area contributed by atoms with E-state index >= 15 is 0 Å². The van der Waals surface area contributed by atoms with Crippen LogP contribution >= 0.6 is 0 Å². The fourth-order valence-corrected chi connectivity index (χ4v) is 3.26. The Hall–Kier alpha value is -0.920. The van der Waals surface area contributed by atoms with E-state index in [0.717, 1.165) is 0 Å². The van der Waals surface area contributed by atoms with Crippen molar-refractivity contribution in [1.29, 1.82) is 0 Å². The number of rotatable bonds is 8. The predicted molar refractivity (Wildman–Crippen MR) is 77.7 cm³/mol. The topological polar surface area (TPSA) is 84.2 Å². The Labute approximate surface area is 121 Å². The van der Waals surface area contributed by atoms with E-state index in [-0.39, 0.29) is 24.0 Å². The molecule has 0 radical (unpaired) electrons. The normalized spacial score (nSPS) is 12.8. The van der Waals surface area contributed by atoms with Gasteiger partial charge in [0.25, 0.3) is 0 Å². The highest BCUT2D eigenvalue weighted by Crippen LogP contribution is 2.20. The molecule has 0 bridgehead atoms. The third-order valence-electron chi connectivity index (χ3n) is 3.47. The molecule has 6 nitrogen and oxygen atoms in total. The SMILES string of the molecule is CC(C)C(CNS(=O)(=O)c1cnn(CCO)c1)C(C)C. The molecule has 0 atom stereocenters. The van der Waals surface area contributed by atoms with E-state index in [2.05, 4.69) is 37.5 Å². The van der Waals surface area contributed by atoms with Gasteiger partial charge in [0, 0.05) is 12.7 Å². The maximum absolute atomic E-state index is 12.2. The lowest BCUT2D eigenvalue weighted by molar-refractivity contribution is 0.269. The number of aromatic nitrogens is 2. The second-order valence-corrected chi connectivity index (χ2v) is 7.43. The minimum absolute atomic E-state index is 0.0721. The molecule has 0 amide bonds. The van der Waals surface area contributed by atoms with Crippen molar-refractivity contribution >= 4 is 10.0 Å². The maximum atomic E-state index is 12.2. The van der Waals surface area contributed by atoms with Crippen LogP contribution in [0.1, 0.15) is 27.7 Å². The van der Waals surface area contributed by atoms with Crippen LogP contribution in [0.2, 0.25) is 0 Å². The first-order valence-electron chi connectivity index (χ1n) is 6.91. The van der Waals surface area contributed by atoms with Crippen LogP contribution < -0.4 is 4.72 Å². The molecule has 0 saturated heterocycles. The molecule has 0 aliphatic carbocycles. The first kappa shape index (κ1) is 17.1. The van der Waals surface area contributed by atoms with E-state index in [9.17, 15) is 8.42 Å². The first-order valence-corrected chi connectivity index (χ1v) is 8.39. The highest BCUT2D eigenvalue weighted by atomic mass is 32.2. The Bertz CT molecular complexity index is 501. The minimum Gasteiger partial charge on any atom is -0.394 e. The molecule has 7 heteroatoms. The molecule has 1 rings (SSSR count). The van der Waals surface area contributed by atoms with Gasteiger partial charge < -0.3 is 5.11 Å². The molecule has 0 aliphatic heterocycles. The van der Waals surface area contributed by atoms with Gasteiger partial charge in [0.1, 0.15) is 4.90 Å². The van der Waals surface area contributed by atoms with E-state index in [4.69, 9.17) is 5.11 Å². The number of aliphatic hydroxyl groups is 1. The highest BCUT2D eigenvalue weighted by molar-refractivity contribution is 7.89. The fraction of sp³-hybridized carbons (Fsp3) is 0.769. The molecular formula is C13H25N3O3S. The zero-order valence-electron chi connectivity index (χ0n) is 12.6. The molecular weight excluding hydrogens is 278 g/mol. The van der Waals surface area contributed by atoms with Crippen LogP contribution in [-0.4, -0.2) is 36.5 Å². The van der Waals surface area contributed by atoms with Crippen LogP contribution in [0.3, 0.4) is 0 Å². The lowest BCUT2D eigenvalue weighted by Crippen LogP contribution is -2.33. The molecule has 0 spiro atoms. The van der Waals surface area contributed by atoms with Gasteiger partial charge in [-0.05, 0) is 17.8 Å². The van der Waals surface area contributed by atoms with Gasteiger partial charge in [-0.25, -0.2) is 13.1 Å². The van der Waals surface area contributed by atoms with Crippen molar-refractivity contribution in [3.05, 3.63) is 12.4 Å². The van der Waals surface area contributed by atoms with Crippen molar-refractivity contribution in [2.24, 2.45) is 17.8 Å². The third-order valence-corrected chi connectivity index (χ3v) is 4.85. The summed E-state index contributed by atoms with van der Waals surface area (Å²) in [5.74, 6) is 1.11. The Morgan fingerprint density at radius 2 is 1.90 bits per heavy atom. The molecule has 2 N–H and O–H groups in total. The first-order chi connectivity index (χ1) is 9.27. The van der Waals surface area contributed by atoms with E-state index in [0.29, 0.717) is 18.4 Å². The quantitative estimate of drug-likeness (QED) is 0.753. The average Bonchev–Trinajstić information content (AvgIpc) is 2.78. The van der Waals surface area contributed by atoms with Gasteiger partial charge in [-0.2, -0.15) is 5.10 Å². The summed E-state index contributed by atoms with van der Waals surface area (Å²) in [7, 11) is -3.53. The van der Waals surface area contributed by atoms with E-state index < -0.39 is 10.0 Å². The van der Waals surface area contributed by atoms with Crippen LogP contribution in [0.5, 0.6) is 0 Å². The second-order valence-electron chi connectivity index (χ2n) is 5.67. The van der Waals surface area contributed by atoms with E-state index in [1.807, 2.05) is 0 Å². The lowest BCUT2D eigenvalue weighted by Gasteiger charge is -2.24. The number of hydrogen-bond donors (Lipinski definition) is 2. The molecule has 1 aromatic heterocycles. The summed E-state index contributed by atoms with van der Waals surface area (Å²) in [4.78, 5) is 0.136. The van der Waals surface area contributed by atoms with Crippen LogP contribution in [0.25, 0.3) is 0 Å². The Kier molecular flexibility index (Phi) is 6.16. The summed E-state index contributed by atoms with van der Waals surface area (Å²) >= 11 is 0. The Morgan fingerprint density at radius 3 is 2.40 bits per heavy atom. The van der Waals surface area contributed by atoms with Gasteiger partial charge in [0.05, 0.1) is 19.3 Å². The molecule has 1 heterocycles. The molecule has 0 aliphatic rings. The molecule has 0 saturated carbocycles. The van der Waals surface area contributed by atoms with Crippen molar-refractivity contribution in [3.8, 4) is 0 Å². The summed E-state index contributed by atoms with van der Waals surface area (Å²) in [5.41, 5.74) is 0. The highest BCUT2D eigenvalue weighted by Gasteiger charge is 2.22. The Morgan fingerprint density at radius 1 is 1.30 bits per heavy atom. The van der Waals surface area contributed by atoms with Gasteiger partial charge in [0.15, 0.2) is 0 Å². The number of nitrogens with one attached hydrogen (secondary N) is 1. The molecule has 0 fully saturated rings. The lowest BCUT2D eigenvalue weighted by atomic mass is 9.86. The van der Waals surface area contributed by atoms with Crippen molar-refractivity contribution < 1.29 is 13.5 Å². The molecule has 0 aromatic carbocycles. The maximum Gasteiger partial charge on any atom is 0.243 e. The molecule has 1 aromatic rings. The molecule has 116 valence electrons. The summed E-state index contributed by atoms with van der Waals surface area (Å²) in [6, 6.07) is 0. The van der Waals surface area contributed by atoms with Crippen LogP contribution in [0, 0.1) is 17.8 Å². The number of sulfonamides is 1. The predicted octanol–water partition coefficient (Wildman–Crippen LogP) is 1.08. The van der Waals surface area contributed by atoms with Crippen molar-refractivity contribution in [1.82, 2.24) is 14.5 Å². The van der Waals surface area contributed by atoms with Crippen molar-refractivity contribution in [2.45, 2.75) is 39.1 Å². The summed E-state index contributed by atoms with van der Waals surface area (Å²) < 4.78 is 28.4. The number of hydrogen-bond acceptors (Lipinski definition) is 4. The van der Waals surface area contributed by atoms with Gasteiger partial charge in [-0.15, -0.1) is 0 Å². The Balaban J connectivity index is 2.73. The largest absolute Gasteiger partial charge is 0.394 e. The zero-order chi connectivity index (χ0) is 15.3. The minimum atomic E-state index is -3.53. The van der Waals surface area contributed by atoms with Gasteiger partial charge >= 0.3 is 0 Å². The standard InChI is InChI=1S/C13H25N3O3S/c1-10(2)13(11(3)4)8-15-20(18,19)12-7-14-16(9-12)5-6-17/h7,9-11,13,15,17H,5-6,8H2,1-4H3. The monoisotopic (exact) mass is 303 g/mol. The van der Waals surface area contributed by atoms with Crippen molar-refractivity contribution in [2.75, 3.05) is 13.2 Å². The smallest absolute Gasteiger partial charge is 0.243 e. The average molecular weight is 303 g/mol. The van der Waals surface area contributed by atoms with Gasteiger partial charge in [-0.1, -0.05) is 27.7 Å². The van der Waals surface area contributed by atoms with Gasteiger partial charge in [0.2, 0.25) is 10.0 Å². The van der Waals surface area contributed by atoms with E-state index in [1.165, 1.54) is 17.1 Å². The van der Waals surface area contributed by atoms with Gasteiger partial charge in [-0.3, -0.25) is 4.68 Å². The fourth-order valence-electron chi connectivity index (χ4n) is 2.24. The van der Waals surface area contributed by atoms with Crippen molar-refractivity contribution in [3.63, 3.8) is 0 Å². The zero-order valence-corrected chi connectivity index (χ0v) is 13.4. The third kappa shape index (κ3) is 4.57. The number of aliphatic hydroxyl groups excluding tert-OH is 1. The van der Waals surface area contributed by atoms with E-state index in [1.54, 1.807) is 0 Å². The summed E-state index contributed by atoms with van der Waals surface area (Å²) in [5, 5.41) is 12.7. The summed E-state index contributed by atoms with van der Waals surface area (Å²) in [6.45, 7) is 9.02. The number of nitrogens with zero attached hydrogens (tertiary/aromatic N) is 2. The van der Waals surface area contributed by atoms with Crippen LogP contribution in [0.4, 0.5) is 0 Å². The second kappa shape index (κ2) is 7.19. The van der Waals surface area contributed by atoms with Crippen LogP contribution in [-0.2, 0) is 16.6 Å². The summed E-state index contributed by atoms with van der Waals surface area (Å²) in [6.07, 6.45) is 2.73. The molecule has 0 unspecified atom stereocenters. The molecule has 20 heavy (non-hydrogen) atoms.